The van der Waals surface area contributed by atoms with Gasteiger partial charge in [-0.25, -0.2) is 4.79 Å². The van der Waals surface area contributed by atoms with Gasteiger partial charge in [0.15, 0.2) is 0 Å². The highest BCUT2D eigenvalue weighted by atomic mass is 19.4. The molecule has 1 unspecified atom stereocenters. The first-order chi connectivity index (χ1) is 9.33. The van der Waals surface area contributed by atoms with Crippen LogP contribution in [0, 0.1) is 5.92 Å². The zero-order valence-corrected chi connectivity index (χ0v) is 12.8. The fraction of sp³-hybridized carbons (Fsp3) is 0.846. The highest BCUT2D eigenvalue weighted by Crippen LogP contribution is 2.18. The predicted octanol–water partition coefficient (Wildman–Crippen LogP) is 2.69. The number of hydrogen-bond donors (Lipinski definition) is 1. The standard InChI is InChI=1S/C11H21NO2.C2H2F3NO/c1-9-6-5-7-12(8-9)10(13)14-11(2,3)4;3-2(4,5)1(6)7/h9H,5-8H2,1-4H3;(H2,6,7). The van der Waals surface area contributed by atoms with Gasteiger partial charge in [-0.3, -0.25) is 4.79 Å². The number of rotatable bonds is 0. The highest BCUT2D eigenvalue weighted by Gasteiger charge is 2.35. The van der Waals surface area contributed by atoms with Crippen molar-refractivity contribution in [1.82, 2.24) is 4.90 Å². The van der Waals surface area contributed by atoms with Crippen molar-refractivity contribution in [1.29, 1.82) is 0 Å². The molecule has 1 atom stereocenters. The van der Waals surface area contributed by atoms with E-state index in [1.165, 1.54) is 6.42 Å². The van der Waals surface area contributed by atoms with E-state index < -0.39 is 12.1 Å². The summed E-state index contributed by atoms with van der Waals surface area (Å²) in [6.07, 6.45) is -2.70. The lowest BCUT2D eigenvalue weighted by Crippen LogP contribution is -2.42. The Balaban J connectivity index is 0.000000486. The molecule has 0 aromatic heterocycles. The van der Waals surface area contributed by atoms with Crippen molar-refractivity contribution >= 4 is 12.0 Å². The van der Waals surface area contributed by atoms with Gasteiger partial charge in [0.25, 0.3) is 0 Å². The van der Waals surface area contributed by atoms with E-state index in [1.807, 2.05) is 25.7 Å². The lowest BCUT2D eigenvalue weighted by molar-refractivity contribution is -0.169. The summed E-state index contributed by atoms with van der Waals surface area (Å²) in [4.78, 5) is 22.6. The van der Waals surface area contributed by atoms with Crippen LogP contribution >= 0.6 is 0 Å². The van der Waals surface area contributed by atoms with Crippen molar-refractivity contribution in [3.05, 3.63) is 0 Å². The van der Waals surface area contributed by atoms with Crippen molar-refractivity contribution in [3.63, 3.8) is 0 Å². The second-order valence-corrected chi connectivity index (χ2v) is 6.04. The number of carbonyl (C=O) groups is 2. The Morgan fingerprint density at radius 2 is 1.71 bits per heavy atom. The number of halogens is 3. The predicted molar refractivity (Wildman–Crippen MR) is 71.5 cm³/mol. The second kappa shape index (κ2) is 7.51. The fourth-order valence-electron chi connectivity index (χ4n) is 1.68. The summed E-state index contributed by atoms with van der Waals surface area (Å²) in [5, 5.41) is 0. The van der Waals surface area contributed by atoms with Crippen LogP contribution in [0.25, 0.3) is 0 Å². The lowest BCUT2D eigenvalue weighted by atomic mass is 10.0. The van der Waals surface area contributed by atoms with Gasteiger partial charge in [-0.1, -0.05) is 6.92 Å². The molecule has 2 amide bonds. The van der Waals surface area contributed by atoms with E-state index in [1.54, 1.807) is 0 Å². The molecule has 21 heavy (non-hydrogen) atoms. The van der Waals surface area contributed by atoms with Crippen LogP contribution in [0.5, 0.6) is 0 Å². The van der Waals surface area contributed by atoms with E-state index in [9.17, 15) is 18.0 Å². The molecule has 1 heterocycles. The van der Waals surface area contributed by atoms with E-state index in [-0.39, 0.29) is 11.7 Å². The minimum absolute atomic E-state index is 0.163. The fourth-order valence-corrected chi connectivity index (χ4v) is 1.68. The van der Waals surface area contributed by atoms with Crippen LogP contribution < -0.4 is 5.73 Å². The van der Waals surface area contributed by atoms with Crippen molar-refractivity contribution in [2.24, 2.45) is 11.7 Å². The van der Waals surface area contributed by atoms with Gasteiger partial charge >= 0.3 is 18.2 Å². The van der Waals surface area contributed by atoms with Gasteiger partial charge < -0.3 is 15.4 Å². The van der Waals surface area contributed by atoms with Gasteiger partial charge in [-0.2, -0.15) is 13.2 Å². The number of amides is 2. The number of nitrogens with two attached hydrogens (primary N) is 1. The molecule has 0 saturated carbocycles. The third-order valence-electron chi connectivity index (χ3n) is 2.59. The summed E-state index contributed by atoms with van der Waals surface area (Å²) in [6.45, 7) is 9.57. The van der Waals surface area contributed by atoms with Crippen LogP contribution in [0.2, 0.25) is 0 Å². The molecule has 0 aromatic rings. The van der Waals surface area contributed by atoms with Crippen LogP contribution in [0.4, 0.5) is 18.0 Å². The first-order valence-electron chi connectivity index (χ1n) is 6.67. The van der Waals surface area contributed by atoms with Crippen molar-refractivity contribution < 1.29 is 27.5 Å². The SMILES string of the molecule is CC1CCCN(C(=O)OC(C)(C)C)C1.NC(=O)C(F)(F)F. The van der Waals surface area contributed by atoms with E-state index in [0.29, 0.717) is 5.92 Å². The number of hydrogen-bond acceptors (Lipinski definition) is 3. The molecule has 8 heteroatoms. The number of nitrogens with zero attached hydrogens (tertiary/aromatic N) is 1. The summed E-state index contributed by atoms with van der Waals surface area (Å²) < 4.78 is 37.4. The average Bonchev–Trinajstić information content (AvgIpc) is 2.26. The molecule has 2 N–H and O–H groups in total. The normalized spacial score (nSPS) is 19.4. The third kappa shape index (κ3) is 9.14. The van der Waals surface area contributed by atoms with Crippen molar-refractivity contribution in [2.45, 2.75) is 52.3 Å². The average molecular weight is 312 g/mol. The summed E-state index contributed by atoms with van der Waals surface area (Å²) >= 11 is 0. The Morgan fingerprint density at radius 3 is 2.05 bits per heavy atom. The highest BCUT2D eigenvalue weighted by molar-refractivity contribution is 5.79. The first-order valence-corrected chi connectivity index (χ1v) is 6.67. The maximum absolute atomic E-state index is 11.7. The number of alkyl halides is 3. The number of piperidine rings is 1. The summed E-state index contributed by atoms with van der Waals surface area (Å²) in [7, 11) is 0. The Labute approximate surface area is 122 Å². The minimum atomic E-state index is -4.86. The lowest BCUT2D eigenvalue weighted by Gasteiger charge is -2.32. The molecule has 1 saturated heterocycles. The van der Waals surface area contributed by atoms with Crippen molar-refractivity contribution in [2.75, 3.05) is 13.1 Å². The van der Waals surface area contributed by atoms with Crippen LogP contribution in [0.15, 0.2) is 0 Å². The summed E-state index contributed by atoms with van der Waals surface area (Å²) in [6, 6.07) is 0. The smallest absolute Gasteiger partial charge is 0.444 e. The van der Waals surface area contributed by atoms with Crippen LogP contribution in [0.1, 0.15) is 40.5 Å². The van der Waals surface area contributed by atoms with Crippen LogP contribution in [-0.4, -0.2) is 41.8 Å². The van der Waals surface area contributed by atoms with E-state index in [2.05, 4.69) is 12.7 Å². The molecule has 1 rings (SSSR count). The molecule has 1 aliphatic rings. The van der Waals surface area contributed by atoms with Gasteiger partial charge in [0.1, 0.15) is 5.60 Å². The van der Waals surface area contributed by atoms with Gasteiger partial charge in [0, 0.05) is 13.1 Å². The molecular formula is C13H23F3N2O3. The van der Waals surface area contributed by atoms with Crippen molar-refractivity contribution in [3.8, 4) is 0 Å². The quantitative estimate of drug-likeness (QED) is 0.747. The maximum Gasteiger partial charge on any atom is 0.470 e. The maximum atomic E-state index is 11.7. The van der Waals surface area contributed by atoms with E-state index >= 15 is 0 Å². The Morgan fingerprint density at radius 1 is 1.24 bits per heavy atom. The first kappa shape index (κ1) is 19.5. The molecule has 5 nitrogen and oxygen atoms in total. The molecule has 0 aromatic carbocycles. The zero-order chi connectivity index (χ0) is 16.8. The molecule has 1 aliphatic heterocycles. The van der Waals surface area contributed by atoms with Crippen LogP contribution in [0.3, 0.4) is 0 Å². The molecule has 1 fully saturated rings. The Hall–Kier alpha value is -1.47. The number of likely N-dealkylation sites (tertiary alicyclic amines) is 1. The number of ether oxygens (including phenoxy) is 1. The summed E-state index contributed by atoms with van der Waals surface area (Å²) in [5.74, 6) is -1.65. The molecular weight excluding hydrogens is 289 g/mol. The Bertz CT molecular complexity index is 365. The van der Waals surface area contributed by atoms with Gasteiger partial charge in [0.2, 0.25) is 0 Å². The monoisotopic (exact) mass is 312 g/mol. The van der Waals surface area contributed by atoms with E-state index in [4.69, 9.17) is 9.53 Å². The topological polar surface area (TPSA) is 72.6 Å². The van der Waals surface area contributed by atoms with Crippen LogP contribution in [-0.2, 0) is 9.53 Å². The molecule has 0 aliphatic carbocycles. The van der Waals surface area contributed by atoms with Gasteiger partial charge in [-0.15, -0.1) is 0 Å². The molecule has 0 spiro atoms. The molecule has 0 radical (unpaired) electrons. The molecule has 0 bridgehead atoms. The zero-order valence-electron chi connectivity index (χ0n) is 12.8. The largest absolute Gasteiger partial charge is 0.470 e. The second-order valence-electron chi connectivity index (χ2n) is 6.04. The van der Waals surface area contributed by atoms with Gasteiger partial charge in [0.05, 0.1) is 0 Å². The molecule has 124 valence electrons. The number of carbonyl (C=O) groups excluding carboxylic acids is 2. The minimum Gasteiger partial charge on any atom is -0.444 e. The third-order valence-corrected chi connectivity index (χ3v) is 2.59. The van der Waals surface area contributed by atoms with E-state index in [0.717, 1.165) is 19.5 Å². The Kier molecular flexibility index (Phi) is 6.99. The summed E-state index contributed by atoms with van der Waals surface area (Å²) in [5.41, 5.74) is 3.43. The number of primary amides is 1. The van der Waals surface area contributed by atoms with Gasteiger partial charge in [-0.05, 0) is 39.5 Å².